The summed E-state index contributed by atoms with van der Waals surface area (Å²) in [4.78, 5) is 5.98. The molecule has 3 heteroatoms. The fourth-order valence-corrected chi connectivity index (χ4v) is 2.82. The molecule has 2 rings (SSSR count). The smallest absolute Gasteiger partial charge is 0.183 e. The van der Waals surface area contributed by atoms with Crippen molar-refractivity contribution >= 4 is 16.5 Å². The monoisotopic (exact) mass is 260 g/mol. The minimum absolute atomic E-state index is 0.947. The third-order valence-corrected chi connectivity index (χ3v) is 3.88. The zero-order valence-electron chi connectivity index (χ0n) is 11.1. The Bertz CT molecular complexity index is 476. The number of aromatic nitrogens is 1. The number of nitrogens with zero attached hydrogens (tertiary/aromatic N) is 1. The van der Waals surface area contributed by atoms with Gasteiger partial charge in [0.05, 0.1) is 5.69 Å². The fraction of sp³-hybridized carbons (Fsp3) is 0.400. The van der Waals surface area contributed by atoms with Crippen LogP contribution in [0.15, 0.2) is 30.3 Å². The van der Waals surface area contributed by atoms with Gasteiger partial charge in [0.25, 0.3) is 0 Å². The highest BCUT2D eigenvalue weighted by Gasteiger charge is 2.05. The second-order valence-electron chi connectivity index (χ2n) is 4.43. The lowest BCUT2D eigenvalue weighted by molar-refractivity contribution is 0.883. The van der Waals surface area contributed by atoms with Gasteiger partial charge in [-0.2, -0.15) is 0 Å². The average Bonchev–Trinajstić information content (AvgIpc) is 2.72. The lowest BCUT2D eigenvalue weighted by atomic mass is 10.1. The van der Waals surface area contributed by atoms with E-state index in [0.717, 1.165) is 30.9 Å². The molecule has 0 spiro atoms. The predicted octanol–water partition coefficient (Wildman–Crippen LogP) is 4.06. The Hall–Kier alpha value is -1.35. The zero-order valence-corrected chi connectivity index (χ0v) is 11.9. The normalized spacial score (nSPS) is 10.6. The first-order valence-corrected chi connectivity index (χ1v) is 7.35. The van der Waals surface area contributed by atoms with Gasteiger partial charge in [-0.15, -0.1) is 11.3 Å². The molecule has 0 atom stereocenters. The van der Waals surface area contributed by atoms with Crippen molar-refractivity contribution in [3.05, 3.63) is 46.5 Å². The molecular formula is C15H20N2S. The number of nitrogens with one attached hydrogen (secondary N) is 1. The van der Waals surface area contributed by atoms with Crippen molar-refractivity contribution in [2.24, 2.45) is 0 Å². The number of anilines is 1. The molecule has 18 heavy (non-hydrogen) atoms. The predicted molar refractivity (Wildman–Crippen MR) is 79.5 cm³/mol. The first-order valence-electron chi connectivity index (χ1n) is 6.53. The van der Waals surface area contributed by atoms with Gasteiger partial charge in [-0.25, -0.2) is 4.98 Å². The van der Waals surface area contributed by atoms with E-state index in [-0.39, 0.29) is 0 Å². The molecule has 0 unspecified atom stereocenters. The van der Waals surface area contributed by atoms with Crippen LogP contribution >= 0.6 is 11.3 Å². The average molecular weight is 260 g/mol. The fourth-order valence-electron chi connectivity index (χ4n) is 1.93. The van der Waals surface area contributed by atoms with Gasteiger partial charge < -0.3 is 5.32 Å². The van der Waals surface area contributed by atoms with E-state index >= 15 is 0 Å². The summed E-state index contributed by atoms with van der Waals surface area (Å²) in [5, 5.41) is 4.48. The highest BCUT2D eigenvalue weighted by molar-refractivity contribution is 7.15. The number of hydrogen-bond donors (Lipinski definition) is 1. The summed E-state index contributed by atoms with van der Waals surface area (Å²) in [6.45, 7) is 5.30. The summed E-state index contributed by atoms with van der Waals surface area (Å²) < 4.78 is 0. The SMILES string of the molecule is CCCc1nc(NCCc2ccccc2)sc1C. The van der Waals surface area contributed by atoms with E-state index in [9.17, 15) is 0 Å². The van der Waals surface area contributed by atoms with Crippen LogP contribution in [-0.2, 0) is 12.8 Å². The Morgan fingerprint density at radius 2 is 1.94 bits per heavy atom. The Morgan fingerprint density at radius 3 is 2.67 bits per heavy atom. The highest BCUT2D eigenvalue weighted by atomic mass is 32.1. The first kappa shape index (κ1) is 13.1. The molecule has 0 aliphatic carbocycles. The summed E-state index contributed by atoms with van der Waals surface area (Å²) in [6, 6.07) is 10.6. The molecule has 96 valence electrons. The van der Waals surface area contributed by atoms with Crippen LogP contribution in [0.5, 0.6) is 0 Å². The molecule has 0 saturated heterocycles. The van der Waals surface area contributed by atoms with E-state index in [4.69, 9.17) is 0 Å². The number of hydrogen-bond acceptors (Lipinski definition) is 3. The van der Waals surface area contributed by atoms with Crippen LogP contribution in [-0.4, -0.2) is 11.5 Å². The summed E-state index contributed by atoms with van der Waals surface area (Å²) >= 11 is 1.77. The van der Waals surface area contributed by atoms with Crippen LogP contribution in [0, 0.1) is 6.92 Å². The van der Waals surface area contributed by atoms with Crippen LogP contribution in [0.25, 0.3) is 0 Å². The maximum atomic E-state index is 4.64. The van der Waals surface area contributed by atoms with Crippen molar-refractivity contribution < 1.29 is 0 Å². The third-order valence-electron chi connectivity index (χ3n) is 2.91. The standard InChI is InChI=1S/C15H20N2S/c1-3-7-14-12(2)18-15(17-14)16-11-10-13-8-5-4-6-9-13/h4-6,8-9H,3,7,10-11H2,1-2H3,(H,16,17). The number of thiazole rings is 1. The van der Waals surface area contributed by atoms with E-state index in [1.807, 2.05) is 0 Å². The summed E-state index contributed by atoms with van der Waals surface area (Å²) in [5.41, 5.74) is 2.62. The largest absolute Gasteiger partial charge is 0.361 e. The van der Waals surface area contributed by atoms with Crippen LogP contribution in [0.2, 0.25) is 0 Å². The highest BCUT2D eigenvalue weighted by Crippen LogP contribution is 2.22. The van der Waals surface area contributed by atoms with E-state index in [1.54, 1.807) is 11.3 Å². The second-order valence-corrected chi connectivity index (χ2v) is 5.64. The lowest BCUT2D eigenvalue weighted by Gasteiger charge is -2.02. The van der Waals surface area contributed by atoms with E-state index < -0.39 is 0 Å². The molecule has 0 bridgehead atoms. The maximum Gasteiger partial charge on any atom is 0.183 e. The Balaban J connectivity index is 1.85. The van der Waals surface area contributed by atoms with Crippen molar-refractivity contribution in [1.29, 1.82) is 0 Å². The van der Waals surface area contributed by atoms with Gasteiger partial charge in [-0.3, -0.25) is 0 Å². The zero-order chi connectivity index (χ0) is 12.8. The van der Waals surface area contributed by atoms with Gasteiger partial charge in [0.1, 0.15) is 0 Å². The van der Waals surface area contributed by atoms with Crippen molar-refractivity contribution in [3.63, 3.8) is 0 Å². The first-order chi connectivity index (χ1) is 8.79. The van der Waals surface area contributed by atoms with Crippen molar-refractivity contribution in [3.8, 4) is 0 Å². The molecule has 2 nitrogen and oxygen atoms in total. The quantitative estimate of drug-likeness (QED) is 0.847. The third kappa shape index (κ3) is 3.57. The van der Waals surface area contributed by atoms with Crippen molar-refractivity contribution in [2.45, 2.75) is 33.1 Å². The van der Waals surface area contributed by atoms with Crippen LogP contribution in [0.3, 0.4) is 0 Å². The molecule has 1 heterocycles. The second kappa shape index (κ2) is 6.55. The van der Waals surface area contributed by atoms with Gasteiger partial charge in [0.2, 0.25) is 0 Å². The molecule has 0 radical (unpaired) electrons. The topological polar surface area (TPSA) is 24.9 Å². The summed E-state index contributed by atoms with van der Waals surface area (Å²) in [6.07, 6.45) is 3.29. The van der Waals surface area contributed by atoms with Gasteiger partial charge >= 0.3 is 0 Å². The molecule has 2 aromatic rings. The molecule has 0 saturated carbocycles. The number of rotatable bonds is 6. The molecule has 0 aliphatic rings. The van der Waals surface area contributed by atoms with Crippen molar-refractivity contribution in [1.82, 2.24) is 4.98 Å². The van der Waals surface area contributed by atoms with Gasteiger partial charge in [-0.1, -0.05) is 43.7 Å². The van der Waals surface area contributed by atoms with E-state index in [0.29, 0.717) is 0 Å². The number of benzene rings is 1. The van der Waals surface area contributed by atoms with Crippen LogP contribution in [0.1, 0.15) is 29.5 Å². The molecule has 1 aromatic heterocycles. The Morgan fingerprint density at radius 1 is 1.17 bits per heavy atom. The minimum atomic E-state index is 0.947. The van der Waals surface area contributed by atoms with Gasteiger partial charge in [0, 0.05) is 11.4 Å². The summed E-state index contributed by atoms with van der Waals surface area (Å²) in [5.74, 6) is 0. The summed E-state index contributed by atoms with van der Waals surface area (Å²) in [7, 11) is 0. The Labute approximate surface area is 113 Å². The van der Waals surface area contributed by atoms with Crippen molar-refractivity contribution in [2.75, 3.05) is 11.9 Å². The lowest BCUT2D eigenvalue weighted by Crippen LogP contribution is -2.04. The molecule has 0 amide bonds. The van der Waals surface area contributed by atoms with Crippen LogP contribution < -0.4 is 5.32 Å². The van der Waals surface area contributed by atoms with Gasteiger partial charge in [-0.05, 0) is 25.3 Å². The molecule has 1 aromatic carbocycles. The molecule has 0 aliphatic heterocycles. The molecule has 1 N–H and O–H groups in total. The molecular weight excluding hydrogens is 240 g/mol. The maximum absolute atomic E-state index is 4.64. The number of aryl methyl sites for hydroxylation is 2. The molecule has 0 fully saturated rings. The Kier molecular flexibility index (Phi) is 4.76. The van der Waals surface area contributed by atoms with E-state index in [1.165, 1.54) is 16.1 Å². The van der Waals surface area contributed by atoms with Crippen LogP contribution in [0.4, 0.5) is 5.13 Å². The van der Waals surface area contributed by atoms with E-state index in [2.05, 4.69) is 54.5 Å². The minimum Gasteiger partial charge on any atom is -0.361 e. The van der Waals surface area contributed by atoms with Gasteiger partial charge in [0.15, 0.2) is 5.13 Å².